The molecule has 50 heavy (non-hydrogen) atoms. The molecule has 0 spiro atoms. The summed E-state index contributed by atoms with van der Waals surface area (Å²) in [5, 5.41) is 3.93. The largest absolute Gasteiger partial charge is 0.368 e. The first kappa shape index (κ1) is 34.0. The average molecular weight is 680 g/mol. The number of piperazine rings is 1. The molecular formula is C38H45N7O5. The van der Waals surface area contributed by atoms with Crippen LogP contribution in [-0.2, 0) is 16.0 Å². The zero-order chi connectivity index (χ0) is 34.6. The highest BCUT2D eigenvalue weighted by Gasteiger charge is 2.26. The molecule has 1 unspecified atom stereocenters. The van der Waals surface area contributed by atoms with Crippen molar-refractivity contribution in [3.8, 4) is 0 Å². The molecule has 1 saturated carbocycles. The van der Waals surface area contributed by atoms with Crippen molar-refractivity contribution in [2.45, 2.75) is 77.7 Å². The van der Waals surface area contributed by atoms with Crippen LogP contribution in [0, 0.1) is 6.92 Å². The van der Waals surface area contributed by atoms with Crippen molar-refractivity contribution < 1.29 is 19.1 Å². The van der Waals surface area contributed by atoms with E-state index >= 15 is 0 Å². The Hall–Kier alpha value is -4.52. The van der Waals surface area contributed by atoms with Gasteiger partial charge in [0, 0.05) is 62.5 Å². The van der Waals surface area contributed by atoms with Crippen molar-refractivity contribution in [1.82, 2.24) is 24.4 Å². The van der Waals surface area contributed by atoms with E-state index < -0.39 is 0 Å². The molecule has 262 valence electrons. The van der Waals surface area contributed by atoms with Crippen molar-refractivity contribution in [2.24, 2.45) is 0 Å². The van der Waals surface area contributed by atoms with Crippen LogP contribution in [0.3, 0.4) is 0 Å². The lowest BCUT2D eigenvalue weighted by molar-refractivity contribution is -0.155. The SMILES string of the molecule is CC(=O)c1c(C)c2cnc(Nc3ccc(N4CCN(Cc5ccc(C(=O)COC6CCCCO6)cc5)CC4)cn3)nc2n(C2CCCC2)c1=O. The van der Waals surface area contributed by atoms with E-state index in [9.17, 15) is 14.4 Å². The van der Waals surface area contributed by atoms with E-state index in [4.69, 9.17) is 14.5 Å². The maximum Gasteiger partial charge on any atom is 0.263 e. The summed E-state index contributed by atoms with van der Waals surface area (Å²) >= 11 is 0. The van der Waals surface area contributed by atoms with Crippen LogP contribution in [0.1, 0.15) is 89.8 Å². The second-order valence-corrected chi connectivity index (χ2v) is 13.6. The molecule has 12 heteroatoms. The maximum absolute atomic E-state index is 13.5. The Labute approximate surface area is 291 Å². The van der Waals surface area contributed by atoms with Gasteiger partial charge < -0.3 is 19.7 Å². The molecule has 3 aliphatic rings. The molecule has 7 rings (SSSR count). The van der Waals surface area contributed by atoms with Gasteiger partial charge in [-0.1, -0.05) is 37.1 Å². The molecule has 3 fully saturated rings. The molecule has 12 nitrogen and oxygen atoms in total. The monoisotopic (exact) mass is 679 g/mol. The van der Waals surface area contributed by atoms with Crippen LogP contribution < -0.4 is 15.8 Å². The van der Waals surface area contributed by atoms with Crippen LogP contribution in [-0.4, -0.2) is 81.7 Å². The molecule has 0 bridgehead atoms. The highest BCUT2D eigenvalue weighted by atomic mass is 16.7. The highest BCUT2D eigenvalue weighted by molar-refractivity contribution is 5.99. The Bertz CT molecular complexity index is 1890. The van der Waals surface area contributed by atoms with Crippen molar-refractivity contribution in [3.63, 3.8) is 0 Å². The van der Waals surface area contributed by atoms with E-state index in [2.05, 4.69) is 25.1 Å². The van der Waals surface area contributed by atoms with E-state index in [1.54, 1.807) is 17.7 Å². The Kier molecular flexibility index (Phi) is 10.3. The van der Waals surface area contributed by atoms with Gasteiger partial charge >= 0.3 is 0 Å². The predicted octanol–water partition coefficient (Wildman–Crippen LogP) is 5.60. The summed E-state index contributed by atoms with van der Waals surface area (Å²) in [6.45, 7) is 8.38. The van der Waals surface area contributed by atoms with Gasteiger partial charge in [-0.05, 0) is 69.2 Å². The number of aryl methyl sites for hydroxylation is 1. The summed E-state index contributed by atoms with van der Waals surface area (Å²) in [4.78, 5) is 57.2. The van der Waals surface area contributed by atoms with Crippen molar-refractivity contribution in [2.75, 3.05) is 49.6 Å². The topological polar surface area (TPSA) is 132 Å². The number of nitrogens with zero attached hydrogens (tertiary/aromatic N) is 6. The normalized spacial score (nSPS) is 18.8. The predicted molar refractivity (Wildman–Crippen MR) is 191 cm³/mol. The van der Waals surface area contributed by atoms with Crippen molar-refractivity contribution in [3.05, 3.63) is 81.4 Å². The quantitative estimate of drug-likeness (QED) is 0.199. The standard InChI is InChI=1S/C38H45N7O5/c1-25-31-22-40-38(42-36(31)45(29-7-3-4-8-29)37(48)35(25)26(2)46)41-33-15-14-30(21-39-33)44-18-16-43(17-19-44)23-27-10-12-28(13-11-27)32(47)24-50-34-9-5-6-20-49-34/h10-15,21-22,29,34H,3-9,16-20,23-24H2,1-2H3,(H,39,40,41,42). The third-order valence-electron chi connectivity index (χ3n) is 10.2. The van der Waals surface area contributed by atoms with Gasteiger partial charge in [0.2, 0.25) is 5.95 Å². The van der Waals surface area contributed by atoms with Gasteiger partial charge in [0.25, 0.3) is 5.56 Å². The fraction of sp³-hybridized carbons (Fsp3) is 0.474. The Balaban J connectivity index is 0.943. The van der Waals surface area contributed by atoms with Crippen LogP contribution in [0.25, 0.3) is 11.0 Å². The first-order chi connectivity index (χ1) is 24.3. The highest BCUT2D eigenvalue weighted by Crippen LogP contribution is 2.32. The Morgan fingerprint density at radius 3 is 2.38 bits per heavy atom. The fourth-order valence-electron chi connectivity index (χ4n) is 7.38. The number of aromatic nitrogens is 4. The number of hydrogen-bond donors (Lipinski definition) is 1. The number of carbonyl (C=O) groups is 2. The van der Waals surface area contributed by atoms with E-state index in [1.165, 1.54) is 12.5 Å². The number of carbonyl (C=O) groups excluding carboxylic acids is 2. The summed E-state index contributed by atoms with van der Waals surface area (Å²) in [6.07, 6.45) is 10.1. The zero-order valence-electron chi connectivity index (χ0n) is 28.9. The number of ether oxygens (including phenoxy) is 2. The number of ketones is 2. The third-order valence-corrected chi connectivity index (χ3v) is 10.2. The van der Waals surface area contributed by atoms with E-state index in [1.807, 2.05) is 42.6 Å². The number of fused-ring (bicyclic) bond motifs is 1. The van der Waals surface area contributed by atoms with Crippen LogP contribution in [0.5, 0.6) is 0 Å². The molecule has 1 aromatic carbocycles. The first-order valence-electron chi connectivity index (χ1n) is 17.8. The smallest absolute Gasteiger partial charge is 0.263 e. The van der Waals surface area contributed by atoms with Gasteiger partial charge in [0.1, 0.15) is 18.1 Å². The number of Topliss-reactive ketones (excluding diaryl/α,β-unsaturated/α-hetero) is 2. The van der Waals surface area contributed by atoms with Crippen LogP contribution >= 0.6 is 0 Å². The number of rotatable bonds is 11. The number of benzene rings is 1. The summed E-state index contributed by atoms with van der Waals surface area (Å²) in [5.74, 6) is 0.700. The molecule has 1 aliphatic carbocycles. The molecule has 5 heterocycles. The lowest BCUT2D eigenvalue weighted by Crippen LogP contribution is -2.46. The van der Waals surface area contributed by atoms with Crippen molar-refractivity contribution in [1.29, 1.82) is 0 Å². The van der Waals surface area contributed by atoms with Gasteiger partial charge in [-0.2, -0.15) is 4.98 Å². The summed E-state index contributed by atoms with van der Waals surface area (Å²) in [7, 11) is 0. The van der Waals surface area contributed by atoms with Gasteiger partial charge in [0.05, 0.1) is 17.4 Å². The minimum absolute atomic E-state index is 0.0211. The molecular weight excluding hydrogens is 634 g/mol. The number of anilines is 3. The summed E-state index contributed by atoms with van der Waals surface area (Å²) < 4.78 is 12.9. The van der Waals surface area contributed by atoms with Crippen molar-refractivity contribution >= 4 is 40.1 Å². The van der Waals surface area contributed by atoms with E-state index in [0.29, 0.717) is 40.5 Å². The number of pyridine rings is 2. The summed E-state index contributed by atoms with van der Waals surface area (Å²) in [6, 6.07) is 11.8. The van der Waals surface area contributed by atoms with Gasteiger partial charge in [-0.25, -0.2) is 9.97 Å². The fourth-order valence-corrected chi connectivity index (χ4v) is 7.38. The molecule has 1 N–H and O–H groups in total. The lowest BCUT2D eigenvalue weighted by Gasteiger charge is -2.36. The second kappa shape index (κ2) is 15.2. The van der Waals surface area contributed by atoms with Gasteiger partial charge in [-0.15, -0.1) is 0 Å². The Morgan fingerprint density at radius 1 is 0.940 bits per heavy atom. The molecule has 0 radical (unpaired) electrons. The summed E-state index contributed by atoms with van der Waals surface area (Å²) in [5.41, 5.74) is 4.01. The number of nitrogens with one attached hydrogen (secondary N) is 1. The number of hydrogen-bond acceptors (Lipinski definition) is 11. The zero-order valence-corrected chi connectivity index (χ0v) is 28.9. The Morgan fingerprint density at radius 2 is 1.70 bits per heavy atom. The minimum atomic E-state index is -0.266. The molecule has 4 aromatic rings. The van der Waals surface area contributed by atoms with E-state index in [-0.39, 0.29) is 41.6 Å². The van der Waals surface area contributed by atoms with Gasteiger partial charge in [0.15, 0.2) is 17.9 Å². The van der Waals surface area contributed by atoms with Crippen LogP contribution in [0.2, 0.25) is 0 Å². The molecule has 0 amide bonds. The van der Waals surface area contributed by atoms with Crippen LogP contribution in [0.4, 0.5) is 17.5 Å². The lowest BCUT2D eigenvalue weighted by atomic mass is 10.0. The minimum Gasteiger partial charge on any atom is -0.368 e. The van der Waals surface area contributed by atoms with Crippen LogP contribution in [0.15, 0.2) is 53.6 Å². The van der Waals surface area contributed by atoms with E-state index in [0.717, 1.165) is 83.4 Å². The molecule has 2 saturated heterocycles. The molecule has 1 atom stereocenters. The second-order valence-electron chi connectivity index (χ2n) is 13.6. The molecule has 3 aromatic heterocycles. The van der Waals surface area contributed by atoms with Gasteiger partial charge in [-0.3, -0.25) is 23.9 Å². The average Bonchev–Trinajstić information content (AvgIpc) is 3.66. The maximum atomic E-state index is 13.5. The third kappa shape index (κ3) is 7.47. The molecule has 2 aliphatic heterocycles. The first-order valence-corrected chi connectivity index (χ1v) is 17.8.